The van der Waals surface area contributed by atoms with Crippen LogP contribution in [0, 0.1) is 0 Å². The molecule has 4 heteroatoms. The van der Waals surface area contributed by atoms with Crippen molar-refractivity contribution < 1.29 is 9.59 Å². The zero-order valence-corrected chi connectivity index (χ0v) is 14.6. The Bertz CT molecular complexity index is 866. The maximum absolute atomic E-state index is 12.0. The Morgan fingerprint density at radius 3 is 1.56 bits per heavy atom. The van der Waals surface area contributed by atoms with Crippen LogP contribution in [0.4, 0.5) is 11.4 Å². The number of ketones is 2. The molecule has 0 radical (unpaired) electrons. The fourth-order valence-corrected chi connectivity index (χ4v) is 4.94. The van der Waals surface area contributed by atoms with Crippen molar-refractivity contribution in [3.05, 3.63) is 57.6 Å². The van der Waals surface area contributed by atoms with Crippen LogP contribution in [0.15, 0.2) is 24.3 Å². The van der Waals surface area contributed by atoms with Crippen molar-refractivity contribution in [1.82, 2.24) is 0 Å². The van der Waals surface area contributed by atoms with E-state index in [1.54, 1.807) is 13.8 Å². The summed E-state index contributed by atoms with van der Waals surface area (Å²) >= 11 is 0. The van der Waals surface area contributed by atoms with Crippen LogP contribution in [-0.4, -0.2) is 11.6 Å². The molecule has 2 aliphatic rings. The minimum Gasteiger partial charge on any atom is -0.398 e. The Morgan fingerprint density at radius 1 is 0.800 bits per heavy atom. The van der Waals surface area contributed by atoms with E-state index in [-0.39, 0.29) is 17.0 Å². The fraction of sp³-hybridized carbons (Fsp3) is 0.333. The van der Waals surface area contributed by atoms with Crippen LogP contribution < -0.4 is 11.5 Å². The normalized spacial score (nSPS) is 16.7. The average molecular weight is 334 g/mol. The molecule has 0 aliphatic heterocycles. The van der Waals surface area contributed by atoms with Crippen LogP contribution in [-0.2, 0) is 18.3 Å². The predicted octanol–water partition coefficient (Wildman–Crippen LogP) is 3.43. The number of aryl methyl sites for hydroxylation is 2. The second kappa shape index (κ2) is 5.19. The van der Waals surface area contributed by atoms with E-state index in [0.717, 1.165) is 36.8 Å². The number of fused-ring (bicyclic) bond motifs is 4. The van der Waals surface area contributed by atoms with Crippen LogP contribution in [0.3, 0.4) is 0 Å². The van der Waals surface area contributed by atoms with Crippen molar-refractivity contribution in [2.75, 3.05) is 11.5 Å². The molecule has 0 atom stereocenters. The summed E-state index contributed by atoms with van der Waals surface area (Å²) in [5, 5.41) is 0. The van der Waals surface area contributed by atoms with Gasteiger partial charge in [0.15, 0.2) is 11.6 Å². The van der Waals surface area contributed by atoms with Crippen LogP contribution in [0.2, 0.25) is 0 Å². The molecule has 0 bridgehead atoms. The van der Waals surface area contributed by atoms with Crippen molar-refractivity contribution in [3.8, 4) is 0 Å². The quantitative estimate of drug-likeness (QED) is 0.651. The van der Waals surface area contributed by atoms with Gasteiger partial charge in [-0.3, -0.25) is 9.59 Å². The molecule has 0 heterocycles. The molecule has 0 saturated carbocycles. The zero-order valence-electron chi connectivity index (χ0n) is 14.6. The van der Waals surface area contributed by atoms with E-state index in [2.05, 4.69) is 0 Å². The number of Topliss-reactive ketones (excluding diaryl/α,β-unsaturated/α-hetero) is 2. The smallest absolute Gasteiger partial charge is 0.161 e. The number of hydrogen-bond donors (Lipinski definition) is 2. The summed E-state index contributed by atoms with van der Waals surface area (Å²) in [5.74, 6) is -0.0444. The van der Waals surface area contributed by atoms with E-state index in [1.165, 1.54) is 11.1 Å². The topological polar surface area (TPSA) is 86.2 Å². The molecule has 2 aromatic carbocycles. The number of carbonyl (C=O) groups excluding carboxylic acids is 2. The van der Waals surface area contributed by atoms with Gasteiger partial charge in [0, 0.05) is 27.9 Å². The zero-order chi connectivity index (χ0) is 17.9. The lowest BCUT2D eigenvalue weighted by Crippen LogP contribution is -2.25. The van der Waals surface area contributed by atoms with E-state index in [1.807, 2.05) is 24.3 Å². The molecular weight excluding hydrogens is 312 g/mol. The number of benzene rings is 2. The molecule has 2 aliphatic carbocycles. The number of anilines is 2. The third kappa shape index (κ3) is 2.00. The predicted molar refractivity (Wildman–Crippen MR) is 99.1 cm³/mol. The van der Waals surface area contributed by atoms with Crippen molar-refractivity contribution in [2.45, 2.75) is 44.9 Å². The molecular formula is C21H22N2O2. The van der Waals surface area contributed by atoms with Crippen molar-refractivity contribution in [2.24, 2.45) is 0 Å². The molecule has 1 spiro atoms. The monoisotopic (exact) mass is 334 g/mol. The molecule has 0 aromatic heterocycles. The minimum atomic E-state index is -0.268. The van der Waals surface area contributed by atoms with Crippen molar-refractivity contribution >= 4 is 22.9 Å². The molecule has 4 rings (SSSR count). The van der Waals surface area contributed by atoms with E-state index in [9.17, 15) is 9.59 Å². The number of nitrogens with two attached hydrogens (primary N) is 2. The van der Waals surface area contributed by atoms with Gasteiger partial charge in [-0.2, -0.15) is 0 Å². The highest BCUT2D eigenvalue weighted by Crippen LogP contribution is 2.56. The van der Waals surface area contributed by atoms with Gasteiger partial charge in [0.05, 0.1) is 0 Å². The average Bonchev–Trinajstić information content (AvgIpc) is 3.11. The van der Waals surface area contributed by atoms with Crippen LogP contribution in [0.25, 0.3) is 0 Å². The second-order valence-corrected chi connectivity index (χ2v) is 7.32. The first-order valence-corrected chi connectivity index (χ1v) is 8.72. The van der Waals surface area contributed by atoms with Crippen LogP contribution >= 0.6 is 0 Å². The molecule has 128 valence electrons. The Labute approximate surface area is 147 Å². The Hall–Kier alpha value is -2.62. The van der Waals surface area contributed by atoms with Gasteiger partial charge >= 0.3 is 0 Å². The maximum Gasteiger partial charge on any atom is 0.161 e. The van der Waals surface area contributed by atoms with Crippen molar-refractivity contribution in [3.63, 3.8) is 0 Å². The highest BCUT2D eigenvalue weighted by molar-refractivity contribution is 6.02. The van der Waals surface area contributed by atoms with Gasteiger partial charge in [-0.15, -0.1) is 0 Å². The van der Waals surface area contributed by atoms with Gasteiger partial charge in [0.2, 0.25) is 0 Å². The summed E-state index contributed by atoms with van der Waals surface area (Å²) < 4.78 is 0. The number of carbonyl (C=O) groups is 2. The highest BCUT2D eigenvalue weighted by atomic mass is 16.1. The number of hydrogen-bond acceptors (Lipinski definition) is 4. The summed E-state index contributed by atoms with van der Waals surface area (Å²) in [4.78, 5) is 24.0. The second-order valence-electron chi connectivity index (χ2n) is 7.32. The van der Waals surface area contributed by atoms with E-state index >= 15 is 0 Å². The largest absolute Gasteiger partial charge is 0.398 e. The Kier molecular flexibility index (Phi) is 3.29. The summed E-state index contributed by atoms with van der Waals surface area (Å²) in [6.45, 7) is 3.09. The maximum atomic E-state index is 12.0. The minimum absolute atomic E-state index is 0.0222. The lowest BCUT2D eigenvalue weighted by Gasteiger charge is -2.30. The molecule has 0 saturated heterocycles. The summed E-state index contributed by atoms with van der Waals surface area (Å²) in [5.41, 5.74) is 19.5. The number of nitrogen functional groups attached to an aromatic ring is 2. The Balaban J connectivity index is 2.02. The first kappa shape index (κ1) is 15.9. The third-order valence-electron chi connectivity index (χ3n) is 6.02. The van der Waals surface area contributed by atoms with Gasteiger partial charge in [-0.1, -0.05) is 12.1 Å². The van der Waals surface area contributed by atoms with Crippen LogP contribution in [0.5, 0.6) is 0 Å². The lowest BCUT2D eigenvalue weighted by molar-refractivity contribution is 0.101. The first-order valence-electron chi connectivity index (χ1n) is 8.72. The van der Waals surface area contributed by atoms with Gasteiger partial charge in [0.1, 0.15) is 0 Å². The molecule has 0 unspecified atom stereocenters. The molecule has 0 fully saturated rings. The van der Waals surface area contributed by atoms with Gasteiger partial charge in [0.25, 0.3) is 0 Å². The van der Waals surface area contributed by atoms with Gasteiger partial charge < -0.3 is 11.5 Å². The standard InChI is InChI=1S/C21H22N2O2/c1-11(24)15-5-3-13-7-9-21(17(13)19(15)22)10-8-14-4-6-16(12(2)25)20(23)18(14)21/h3-6H,7-10,22-23H2,1-2H3. The van der Waals surface area contributed by atoms with E-state index in [4.69, 9.17) is 11.5 Å². The summed E-state index contributed by atoms with van der Waals surface area (Å²) in [6.07, 6.45) is 3.68. The molecule has 4 nitrogen and oxygen atoms in total. The molecule has 0 amide bonds. The summed E-state index contributed by atoms with van der Waals surface area (Å²) in [6, 6.07) is 7.72. The number of rotatable bonds is 2. The fourth-order valence-electron chi connectivity index (χ4n) is 4.94. The first-order chi connectivity index (χ1) is 11.9. The Morgan fingerprint density at radius 2 is 1.20 bits per heavy atom. The summed E-state index contributed by atoms with van der Waals surface area (Å²) in [7, 11) is 0. The lowest BCUT2D eigenvalue weighted by atomic mass is 9.74. The van der Waals surface area contributed by atoms with Crippen LogP contribution in [0.1, 0.15) is 69.7 Å². The van der Waals surface area contributed by atoms with Gasteiger partial charge in [-0.05, 0) is 73.9 Å². The van der Waals surface area contributed by atoms with Crippen molar-refractivity contribution in [1.29, 1.82) is 0 Å². The SMILES string of the molecule is CC(=O)c1ccc2c(c1N)C1(CC2)CCc2ccc(C(C)=O)c(N)c21. The highest BCUT2D eigenvalue weighted by Gasteiger charge is 2.48. The van der Waals surface area contributed by atoms with Gasteiger partial charge in [-0.25, -0.2) is 0 Å². The molecule has 25 heavy (non-hydrogen) atoms. The van der Waals surface area contributed by atoms with E-state index in [0.29, 0.717) is 22.5 Å². The molecule has 2 aromatic rings. The molecule has 4 N–H and O–H groups in total. The van der Waals surface area contributed by atoms with E-state index < -0.39 is 0 Å². The third-order valence-corrected chi connectivity index (χ3v) is 6.02.